The molecule has 0 saturated carbocycles. The van der Waals surface area contributed by atoms with Crippen LogP contribution in [0.2, 0.25) is 0 Å². The van der Waals surface area contributed by atoms with E-state index in [0.717, 1.165) is 36.5 Å². The Bertz CT molecular complexity index is 773. The average Bonchev–Trinajstić information content (AvgIpc) is 2.68. The van der Waals surface area contributed by atoms with Crippen LogP contribution in [-0.2, 0) is 17.7 Å². The molecule has 0 N–H and O–H groups in total. The zero-order valence-electron chi connectivity index (χ0n) is 14.2. The second-order valence-corrected chi connectivity index (χ2v) is 6.26. The van der Waals surface area contributed by atoms with Crippen molar-refractivity contribution in [3.05, 3.63) is 41.2 Å². The number of aromatic nitrogens is 4. The van der Waals surface area contributed by atoms with Crippen LogP contribution in [0.3, 0.4) is 0 Å². The Balaban J connectivity index is 1.53. The topological polar surface area (TPSA) is 84.3 Å². The molecule has 8 heteroatoms. The van der Waals surface area contributed by atoms with Crippen LogP contribution in [0.5, 0.6) is 0 Å². The van der Waals surface area contributed by atoms with Crippen LogP contribution in [-0.4, -0.2) is 63.6 Å². The zero-order chi connectivity index (χ0) is 17.2. The van der Waals surface area contributed by atoms with Crippen molar-refractivity contribution in [3.8, 4) is 0 Å². The molecular weight excluding hydrogens is 320 g/mol. The maximum Gasteiger partial charge on any atom is 0.274 e. The molecule has 25 heavy (non-hydrogen) atoms. The maximum absolute atomic E-state index is 12.7. The number of ether oxygens (including phenoxy) is 1. The number of carbonyl (C=O) groups excluding carboxylic acids is 1. The van der Waals surface area contributed by atoms with Crippen LogP contribution in [0.4, 0.5) is 5.95 Å². The highest BCUT2D eigenvalue weighted by Gasteiger charge is 2.25. The molecule has 130 valence electrons. The molecule has 8 nitrogen and oxygen atoms in total. The number of morpholine rings is 1. The van der Waals surface area contributed by atoms with Crippen molar-refractivity contribution in [1.82, 2.24) is 24.8 Å². The summed E-state index contributed by atoms with van der Waals surface area (Å²) in [7, 11) is 0. The fourth-order valence-electron chi connectivity index (χ4n) is 3.05. The van der Waals surface area contributed by atoms with Crippen molar-refractivity contribution in [2.75, 3.05) is 37.7 Å². The van der Waals surface area contributed by atoms with Gasteiger partial charge in [0.1, 0.15) is 5.69 Å². The number of amides is 1. The third-order valence-corrected chi connectivity index (χ3v) is 4.51. The summed E-state index contributed by atoms with van der Waals surface area (Å²) in [6.07, 6.45) is 5.79. The molecule has 0 aliphatic carbocycles. The van der Waals surface area contributed by atoms with Gasteiger partial charge >= 0.3 is 0 Å². The third kappa shape index (κ3) is 3.30. The summed E-state index contributed by atoms with van der Waals surface area (Å²) in [4.78, 5) is 34.1. The third-order valence-electron chi connectivity index (χ3n) is 4.51. The van der Waals surface area contributed by atoms with Gasteiger partial charge in [0.15, 0.2) is 0 Å². The summed E-state index contributed by atoms with van der Waals surface area (Å²) in [6.45, 7) is 5.93. The Hall–Kier alpha value is -2.61. The molecule has 1 amide bonds. The molecule has 1 saturated heterocycles. The molecule has 0 radical (unpaired) electrons. The van der Waals surface area contributed by atoms with Gasteiger partial charge in [-0.3, -0.25) is 9.78 Å². The largest absolute Gasteiger partial charge is 0.378 e. The van der Waals surface area contributed by atoms with Gasteiger partial charge in [-0.1, -0.05) is 0 Å². The van der Waals surface area contributed by atoms with Gasteiger partial charge < -0.3 is 14.5 Å². The number of anilines is 1. The summed E-state index contributed by atoms with van der Waals surface area (Å²) in [5, 5.41) is 0. The number of hydrogen-bond donors (Lipinski definition) is 0. The Morgan fingerprint density at radius 2 is 1.92 bits per heavy atom. The van der Waals surface area contributed by atoms with Gasteiger partial charge in [0.05, 0.1) is 37.3 Å². The highest BCUT2D eigenvalue weighted by atomic mass is 16.5. The van der Waals surface area contributed by atoms with E-state index in [1.165, 1.54) is 6.20 Å². The molecule has 2 aromatic heterocycles. The van der Waals surface area contributed by atoms with Crippen LogP contribution in [0, 0.1) is 6.92 Å². The Morgan fingerprint density at radius 1 is 1.08 bits per heavy atom. The van der Waals surface area contributed by atoms with Crippen molar-refractivity contribution < 1.29 is 9.53 Å². The first-order valence-electron chi connectivity index (χ1n) is 8.46. The minimum atomic E-state index is -0.107. The van der Waals surface area contributed by atoms with Gasteiger partial charge in [0.25, 0.3) is 5.91 Å². The number of hydrogen-bond acceptors (Lipinski definition) is 7. The number of nitrogens with zero attached hydrogens (tertiary/aromatic N) is 6. The Kier molecular flexibility index (Phi) is 4.27. The molecule has 2 aromatic rings. The predicted molar refractivity (Wildman–Crippen MR) is 90.3 cm³/mol. The monoisotopic (exact) mass is 340 g/mol. The van der Waals surface area contributed by atoms with Gasteiger partial charge in [-0.05, 0) is 18.9 Å². The number of rotatable bonds is 2. The molecule has 1 fully saturated rings. The maximum atomic E-state index is 12.7. The molecule has 0 bridgehead atoms. The van der Waals surface area contributed by atoms with E-state index in [9.17, 15) is 4.79 Å². The molecule has 2 aliphatic heterocycles. The molecule has 4 rings (SSSR count). The van der Waals surface area contributed by atoms with Crippen molar-refractivity contribution in [2.45, 2.75) is 19.9 Å². The number of fused-ring (bicyclic) bond motifs is 1. The van der Waals surface area contributed by atoms with Gasteiger partial charge in [-0.25, -0.2) is 15.0 Å². The van der Waals surface area contributed by atoms with E-state index in [-0.39, 0.29) is 5.91 Å². The van der Waals surface area contributed by atoms with Crippen LogP contribution < -0.4 is 4.90 Å². The molecule has 0 unspecified atom stereocenters. The van der Waals surface area contributed by atoms with Crippen LogP contribution in [0.1, 0.15) is 27.4 Å². The standard InChI is InChI=1S/C17H20N6O2/c1-12-8-19-14(10-18-12)16(24)23-3-2-13-9-20-17(21-15(13)11-23)22-4-6-25-7-5-22/h8-10H,2-7,11H2,1H3. The van der Waals surface area contributed by atoms with E-state index in [2.05, 4.69) is 19.9 Å². The highest BCUT2D eigenvalue weighted by molar-refractivity contribution is 5.92. The Labute approximate surface area is 145 Å². The smallest absolute Gasteiger partial charge is 0.274 e. The van der Waals surface area contributed by atoms with Gasteiger partial charge in [-0.2, -0.15) is 0 Å². The fourth-order valence-corrected chi connectivity index (χ4v) is 3.05. The first kappa shape index (κ1) is 15.9. The first-order valence-corrected chi connectivity index (χ1v) is 8.46. The number of aryl methyl sites for hydroxylation is 1. The predicted octanol–water partition coefficient (Wildman–Crippen LogP) is 0.610. The summed E-state index contributed by atoms with van der Waals surface area (Å²) in [6, 6.07) is 0. The molecule has 0 spiro atoms. The average molecular weight is 340 g/mol. The van der Waals surface area contributed by atoms with E-state index in [4.69, 9.17) is 9.72 Å². The van der Waals surface area contributed by atoms with Crippen LogP contribution in [0.15, 0.2) is 18.6 Å². The molecular formula is C17H20N6O2. The van der Waals surface area contributed by atoms with Crippen LogP contribution in [0.25, 0.3) is 0 Å². The van der Waals surface area contributed by atoms with E-state index >= 15 is 0 Å². The molecule has 0 aromatic carbocycles. The summed E-state index contributed by atoms with van der Waals surface area (Å²) >= 11 is 0. The van der Waals surface area contributed by atoms with Crippen molar-refractivity contribution >= 4 is 11.9 Å². The molecule has 2 aliphatic rings. The quantitative estimate of drug-likeness (QED) is 0.792. The van der Waals surface area contributed by atoms with E-state index in [1.54, 1.807) is 11.1 Å². The van der Waals surface area contributed by atoms with Crippen LogP contribution >= 0.6 is 0 Å². The molecule has 4 heterocycles. The Morgan fingerprint density at radius 3 is 2.68 bits per heavy atom. The second-order valence-electron chi connectivity index (χ2n) is 6.26. The number of carbonyl (C=O) groups is 1. The first-order chi connectivity index (χ1) is 12.2. The van der Waals surface area contributed by atoms with Crippen molar-refractivity contribution in [2.24, 2.45) is 0 Å². The minimum Gasteiger partial charge on any atom is -0.378 e. The minimum absolute atomic E-state index is 0.107. The highest BCUT2D eigenvalue weighted by Crippen LogP contribution is 2.20. The van der Waals surface area contributed by atoms with Gasteiger partial charge in [0.2, 0.25) is 5.95 Å². The van der Waals surface area contributed by atoms with E-state index in [0.29, 0.717) is 37.9 Å². The van der Waals surface area contributed by atoms with Crippen molar-refractivity contribution in [3.63, 3.8) is 0 Å². The van der Waals surface area contributed by atoms with Crippen molar-refractivity contribution in [1.29, 1.82) is 0 Å². The lowest BCUT2D eigenvalue weighted by molar-refractivity contribution is 0.0725. The lowest BCUT2D eigenvalue weighted by atomic mass is 10.1. The fraction of sp³-hybridized carbons (Fsp3) is 0.471. The summed E-state index contributed by atoms with van der Waals surface area (Å²) < 4.78 is 5.38. The SMILES string of the molecule is Cc1cnc(C(=O)N2CCc3cnc(N4CCOCC4)nc3C2)cn1. The molecule has 0 atom stereocenters. The van der Waals surface area contributed by atoms with Gasteiger partial charge in [0, 0.05) is 32.0 Å². The van der Waals surface area contributed by atoms with E-state index in [1.807, 2.05) is 13.1 Å². The van der Waals surface area contributed by atoms with E-state index < -0.39 is 0 Å². The zero-order valence-corrected chi connectivity index (χ0v) is 14.2. The summed E-state index contributed by atoms with van der Waals surface area (Å²) in [5.41, 5.74) is 3.19. The summed E-state index contributed by atoms with van der Waals surface area (Å²) in [5.74, 6) is 0.608. The lowest BCUT2D eigenvalue weighted by Gasteiger charge is -2.30. The lowest BCUT2D eigenvalue weighted by Crippen LogP contribution is -2.39. The second kappa shape index (κ2) is 6.72. The normalized spacial score (nSPS) is 17.3. The van der Waals surface area contributed by atoms with Gasteiger partial charge in [-0.15, -0.1) is 0 Å².